The van der Waals surface area contributed by atoms with E-state index in [9.17, 15) is 13.6 Å². The number of H-pyrrole nitrogens is 1. The van der Waals surface area contributed by atoms with Crippen molar-refractivity contribution in [3.8, 4) is 5.88 Å². The van der Waals surface area contributed by atoms with Crippen LogP contribution >= 0.6 is 0 Å². The second-order valence-corrected chi connectivity index (χ2v) is 8.11. The lowest BCUT2D eigenvalue weighted by atomic mass is 9.81. The molecule has 2 fully saturated rings. The summed E-state index contributed by atoms with van der Waals surface area (Å²) < 4.78 is 31.3. The van der Waals surface area contributed by atoms with Crippen LogP contribution in [0.4, 0.5) is 20.4 Å². The molecule has 174 valence electrons. The third-order valence-corrected chi connectivity index (χ3v) is 5.98. The summed E-state index contributed by atoms with van der Waals surface area (Å²) in [4.78, 5) is 22.2. The lowest BCUT2D eigenvalue weighted by molar-refractivity contribution is -0.153. The third-order valence-electron chi connectivity index (χ3n) is 5.98. The second kappa shape index (κ2) is 9.74. The molecular weight excluding hydrogens is 424 g/mol. The molecule has 0 aliphatic carbocycles. The van der Waals surface area contributed by atoms with Crippen LogP contribution in [0.3, 0.4) is 0 Å². The number of nitrogens with zero attached hydrogens (tertiary/aromatic N) is 4. The molecule has 2 aliphatic heterocycles. The van der Waals surface area contributed by atoms with Gasteiger partial charge >= 0.3 is 6.43 Å². The average molecular weight is 451 g/mol. The summed E-state index contributed by atoms with van der Waals surface area (Å²) in [5.41, 5.74) is 0.567. The maximum absolute atomic E-state index is 13.0. The zero-order valence-electron chi connectivity index (χ0n) is 17.7. The summed E-state index contributed by atoms with van der Waals surface area (Å²) in [5.74, 6) is 0.816. The van der Waals surface area contributed by atoms with Crippen LogP contribution in [0.2, 0.25) is 0 Å². The summed E-state index contributed by atoms with van der Waals surface area (Å²) >= 11 is 0. The number of nitrogens with one attached hydrogen (secondary N) is 3. The molecule has 2 bridgehead atoms. The molecule has 12 heteroatoms. The van der Waals surface area contributed by atoms with Crippen molar-refractivity contribution in [1.82, 2.24) is 30.4 Å². The van der Waals surface area contributed by atoms with Crippen LogP contribution in [-0.4, -0.2) is 67.7 Å². The lowest BCUT2D eigenvalue weighted by Crippen LogP contribution is -2.59. The van der Waals surface area contributed by atoms with E-state index >= 15 is 0 Å². The number of aliphatic hydroxyl groups is 1. The van der Waals surface area contributed by atoms with Crippen LogP contribution in [-0.2, 0) is 17.9 Å². The molecule has 2 aromatic rings. The highest BCUT2D eigenvalue weighted by molar-refractivity contribution is 5.80. The summed E-state index contributed by atoms with van der Waals surface area (Å²) in [6.07, 6.45) is 0.741. The topological polar surface area (TPSA) is 128 Å². The van der Waals surface area contributed by atoms with E-state index in [-0.39, 0.29) is 24.7 Å². The molecule has 1 amide bonds. The fraction of sp³-hybridized carbons (Fsp3) is 0.600. The fourth-order valence-corrected chi connectivity index (χ4v) is 4.61. The van der Waals surface area contributed by atoms with Gasteiger partial charge in [-0.25, -0.2) is 4.98 Å². The van der Waals surface area contributed by atoms with Gasteiger partial charge in [-0.1, -0.05) is 0 Å². The van der Waals surface area contributed by atoms with Gasteiger partial charge in [0.1, 0.15) is 11.6 Å². The van der Waals surface area contributed by atoms with E-state index in [0.29, 0.717) is 48.4 Å². The molecule has 4 heterocycles. The molecule has 2 aliphatic rings. The first-order valence-electron chi connectivity index (χ1n) is 10.6. The molecule has 2 atom stereocenters. The summed E-state index contributed by atoms with van der Waals surface area (Å²) in [6.45, 7) is 0.210. The number of carbonyl (C=O) groups is 1. The van der Waals surface area contributed by atoms with Gasteiger partial charge in [-0.2, -0.15) is 18.9 Å². The number of aromatic nitrogens is 4. The van der Waals surface area contributed by atoms with Crippen molar-refractivity contribution >= 4 is 17.5 Å². The third kappa shape index (κ3) is 4.96. The zero-order chi connectivity index (χ0) is 22.7. The summed E-state index contributed by atoms with van der Waals surface area (Å²) in [6, 6.07) is 3.06. The summed E-state index contributed by atoms with van der Waals surface area (Å²) in [7, 11) is 1.51. The minimum Gasteiger partial charge on any atom is -0.481 e. The van der Waals surface area contributed by atoms with Crippen molar-refractivity contribution in [1.29, 1.82) is 0 Å². The van der Waals surface area contributed by atoms with Gasteiger partial charge in [0.15, 0.2) is 5.82 Å². The molecule has 4 N–H and O–H groups in total. The Morgan fingerprint density at radius 3 is 2.66 bits per heavy atom. The van der Waals surface area contributed by atoms with Crippen LogP contribution in [0, 0.1) is 0 Å². The van der Waals surface area contributed by atoms with E-state index < -0.39 is 12.3 Å². The van der Waals surface area contributed by atoms with Gasteiger partial charge in [0.25, 0.3) is 5.91 Å². The van der Waals surface area contributed by atoms with Crippen molar-refractivity contribution in [2.45, 2.75) is 69.8 Å². The Morgan fingerprint density at radius 2 is 2.03 bits per heavy atom. The number of anilines is 2. The van der Waals surface area contributed by atoms with Crippen molar-refractivity contribution < 1.29 is 23.4 Å². The minimum absolute atomic E-state index is 0.0803. The highest BCUT2D eigenvalue weighted by atomic mass is 19.3. The van der Waals surface area contributed by atoms with Crippen LogP contribution in [0.5, 0.6) is 5.88 Å². The van der Waals surface area contributed by atoms with Crippen LogP contribution < -0.4 is 15.4 Å². The first-order valence-corrected chi connectivity index (χ1v) is 10.6. The minimum atomic E-state index is -2.96. The second-order valence-electron chi connectivity index (χ2n) is 8.11. The SMILES string of the molecule is COc1cc(Nc2cc(CO)[nH]n2)nc(CNC2CC3CCCC(C2)N3C(=O)C(F)F)n1. The first kappa shape index (κ1) is 22.3. The number of aliphatic hydroxyl groups excluding tert-OH is 1. The number of fused-ring (bicyclic) bond motifs is 2. The standard InChI is InChI=1S/C20H27F2N7O3/c1-32-18-8-15(24-16-7-12(10-30)27-28-16)25-17(26-18)9-23-11-5-13-3-2-4-14(6-11)29(13)20(31)19(21)22/h7-8,11,13-14,19,23,30H,2-6,9-10H2,1H3,(H2,24,25,26,27,28). The smallest absolute Gasteiger partial charge is 0.315 e. The maximum Gasteiger partial charge on any atom is 0.315 e. The Hall–Kier alpha value is -2.86. The van der Waals surface area contributed by atoms with E-state index in [4.69, 9.17) is 9.84 Å². The number of methoxy groups -OCH3 is 1. The molecular formula is C20H27F2N7O3. The molecule has 0 radical (unpaired) electrons. The number of alkyl halides is 2. The monoisotopic (exact) mass is 451 g/mol. The first-order chi connectivity index (χ1) is 15.5. The van der Waals surface area contributed by atoms with Crippen molar-refractivity contribution in [3.63, 3.8) is 0 Å². The van der Waals surface area contributed by atoms with Gasteiger partial charge in [0, 0.05) is 30.3 Å². The maximum atomic E-state index is 13.0. The predicted octanol–water partition coefficient (Wildman–Crippen LogP) is 1.71. The van der Waals surface area contributed by atoms with E-state index in [1.807, 2.05) is 0 Å². The Bertz CT molecular complexity index is 928. The van der Waals surface area contributed by atoms with Gasteiger partial charge in [-0.05, 0) is 32.1 Å². The molecule has 2 saturated heterocycles. The zero-order valence-corrected chi connectivity index (χ0v) is 17.7. The summed E-state index contributed by atoms with van der Waals surface area (Å²) in [5, 5.41) is 22.4. The van der Waals surface area contributed by atoms with Crippen LogP contribution in [0.1, 0.15) is 43.6 Å². The Morgan fingerprint density at radius 1 is 1.28 bits per heavy atom. The van der Waals surface area contributed by atoms with Gasteiger partial charge in [0.2, 0.25) is 5.88 Å². The lowest BCUT2D eigenvalue weighted by Gasteiger charge is -2.48. The number of amides is 1. The Kier molecular flexibility index (Phi) is 6.80. The molecule has 2 aromatic heterocycles. The fourth-order valence-electron chi connectivity index (χ4n) is 4.61. The molecule has 0 spiro atoms. The highest BCUT2D eigenvalue weighted by Crippen LogP contribution is 2.35. The van der Waals surface area contributed by atoms with E-state index in [1.54, 1.807) is 12.1 Å². The van der Waals surface area contributed by atoms with E-state index in [1.165, 1.54) is 12.0 Å². The number of aromatic amines is 1. The number of piperidine rings is 2. The molecule has 2 unspecified atom stereocenters. The highest BCUT2D eigenvalue weighted by Gasteiger charge is 2.42. The van der Waals surface area contributed by atoms with Gasteiger partial charge in [0.05, 0.1) is 26.0 Å². The van der Waals surface area contributed by atoms with Gasteiger partial charge < -0.3 is 25.4 Å². The molecule has 10 nitrogen and oxygen atoms in total. The molecule has 32 heavy (non-hydrogen) atoms. The van der Waals surface area contributed by atoms with Crippen molar-refractivity contribution in [3.05, 3.63) is 23.7 Å². The number of halogens is 2. The van der Waals surface area contributed by atoms with E-state index in [0.717, 1.165) is 19.3 Å². The van der Waals surface area contributed by atoms with Gasteiger partial charge in [-0.15, -0.1) is 0 Å². The number of hydrogen-bond acceptors (Lipinski definition) is 8. The van der Waals surface area contributed by atoms with Crippen LogP contribution in [0.25, 0.3) is 0 Å². The quantitative estimate of drug-likeness (QED) is 0.478. The van der Waals surface area contributed by atoms with Crippen molar-refractivity contribution in [2.75, 3.05) is 12.4 Å². The average Bonchev–Trinajstić information content (AvgIpc) is 3.23. The molecule has 0 aromatic carbocycles. The van der Waals surface area contributed by atoms with Crippen LogP contribution in [0.15, 0.2) is 12.1 Å². The Balaban J connectivity index is 1.40. The number of ether oxygens (including phenoxy) is 1. The van der Waals surface area contributed by atoms with E-state index in [2.05, 4.69) is 30.8 Å². The number of rotatable bonds is 8. The Labute approximate surface area is 183 Å². The number of hydrogen-bond donors (Lipinski definition) is 4. The molecule has 0 saturated carbocycles. The van der Waals surface area contributed by atoms with Gasteiger partial charge in [-0.3, -0.25) is 9.89 Å². The number of carbonyl (C=O) groups excluding carboxylic acids is 1. The van der Waals surface area contributed by atoms with Crippen molar-refractivity contribution in [2.24, 2.45) is 0 Å². The normalized spacial score (nSPS) is 22.8. The predicted molar refractivity (Wildman–Crippen MR) is 111 cm³/mol. The molecule has 4 rings (SSSR count). The largest absolute Gasteiger partial charge is 0.481 e.